The zero-order chi connectivity index (χ0) is 22.7. The van der Waals surface area contributed by atoms with Crippen molar-refractivity contribution in [2.45, 2.75) is 32.9 Å². The lowest BCUT2D eigenvalue weighted by atomic mass is 10.1. The lowest BCUT2D eigenvalue weighted by Gasteiger charge is -2.14. The highest BCUT2D eigenvalue weighted by atomic mass is 16.5. The van der Waals surface area contributed by atoms with E-state index in [9.17, 15) is 19.6 Å². The Labute approximate surface area is 184 Å². The molecule has 0 atom stereocenters. The molecule has 2 aromatic carbocycles. The number of aryl methyl sites for hydroxylation is 1. The van der Waals surface area contributed by atoms with Crippen molar-refractivity contribution in [3.63, 3.8) is 0 Å². The first-order chi connectivity index (χ1) is 15.5. The summed E-state index contributed by atoms with van der Waals surface area (Å²) in [5.74, 6) is -0.915. The highest BCUT2D eigenvalue weighted by Gasteiger charge is 2.28. The molecule has 8 heteroatoms. The van der Waals surface area contributed by atoms with Gasteiger partial charge in [0, 0.05) is 12.8 Å². The zero-order valence-corrected chi connectivity index (χ0v) is 17.4. The average molecular weight is 428 g/mol. The van der Waals surface area contributed by atoms with Crippen molar-refractivity contribution in [3.05, 3.63) is 82.7 Å². The largest absolute Gasteiger partial charge is 0.456 e. The number of rotatable bonds is 6. The first kappa shape index (κ1) is 21.0. The van der Waals surface area contributed by atoms with Gasteiger partial charge in [-0.1, -0.05) is 30.3 Å². The molecule has 1 aliphatic heterocycles. The van der Waals surface area contributed by atoms with Gasteiger partial charge in [-0.25, -0.2) is 9.48 Å². The van der Waals surface area contributed by atoms with E-state index in [1.54, 1.807) is 35.9 Å². The fraction of sp³-hybridized carbons (Fsp3) is 0.208. The van der Waals surface area contributed by atoms with Crippen LogP contribution in [0, 0.1) is 18.3 Å². The van der Waals surface area contributed by atoms with Crippen LogP contribution in [0.3, 0.4) is 0 Å². The van der Waals surface area contributed by atoms with Crippen LogP contribution in [0.1, 0.15) is 45.7 Å². The third kappa shape index (κ3) is 4.14. The van der Waals surface area contributed by atoms with E-state index in [1.807, 2.05) is 30.3 Å². The van der Waals surface area contributed by atoms with E-state index in [0.29, 0.717) is 22.5 Å². The van der Waals surface area contributed by atoms with Crippen LogP contribution in [0.4, 0.5) is 0 Å². The first-order valence-electron chi connectivity index (χ1n) is 10.1. The Kier molecular flexibility index (Phi) is 5.81. The number of hydrogen-bond acceptors (Lipinski definition) is 6. The number of benzene rings is 2. The Bertz CT molecular complexity index is 1210. The number of imide groups is 1. The predicted octanol–water partition coefficient (Wildman–Crippen LogP) is 3.06. The van der Waals surface area contributed by atoms with E-state index in [-0.39, 0.29) is 37.8 Å². The summed E-state index contributed by atoms with van der Waals surface area (Å²) in [6, 6.07) is 18.0. The number of carbonyl (C=O) groups is 3. The van der Waals surface area contributed by atoms with Crippen molar-refractivity contribution < 1.29 is 19.1 Å². The third-order valence-electron chi connectivity index (χ3n) is 5.29. The Morgan fingerprint density at radius 3 is 2.34 bits per heavy atom. The molecule has 0 aliphatic carbocycles. The van der Waals surface area contributed by atoms with E-state index >= 15 is 0 Å². The maximum Gasteiger partial charge on any atom is 0.338 e. The van der Waals surface area contributed by atoms with Crippen LogP contribution in [0.25, 0.3) is 5.69 Å². The highest BCUT2D eigenvalue weighted by molar-refractivity contribution is 6.01. The number of para-hydroxylation sites is 1. The molecule has 2 heterocycles. The van der Waals surface area contributed by atoms with Gasteiger partial charge in [0.25, 0.3) is 0 Å². The minimum Gasteiger partial charge on any atom is -0.456 e. The number of amides is 2. The van der Waals surface area contributed by atoms with Gasteiger partial charge in [-0.2, -0.15) is 10.4 Å². The van der Waals surface area contributed by atoms with Gasteiger partial charge in [0.2, 0.25) is 11.8 Å². The molecule has 3 aromatic rings. The van der Waals surface area contributed by atoms with Crippen LogP contribution in [0.2, 0.25) is 0 Å². The molecule has 32 heavy (non-hydrogen) atoms. The molecule has 1 fully saturated rings. The minimum absolute atomic E-state index is 0.115. The average Bonchev–Trinajstić information content (AvgIpc) is 3.31. The zero-order valence-electron chi connectivity index (χ0n) is 17.4. The standard InChI is InChI=1S/C24H20N4O4/c1-16-20(13-25)21(28(26-16)19-5-3-2-4-6-19)15-32-24(31)18-9-7-17(8-10-18)14-27-22(29)11-12-23(27)30/h2-10H,11-12,14-15H2,1H3. The molecule has 1 aromatic heterocycles. The van der Waals surface area contributed by atoms with E-state index in [2.05, 4.69) is 11.2 Å². The predicted molar refractivity (Wildman–Crippen MR) is 113 cm³/mol. The maximum atomic E-state index is 12.6. The second-order valence-electron chi connectivity index (χ2n) is 7.41. The monoisotopic (exact) mass is 428 g/mol. The molecule has 160 valence electrons. The molecule has 1 saturated heterocycles. The van der Waals surface area contributed by atoms with Crippen molar-refractivity contribution in [2.24, 2.45) is 0 Å². The number of hydrogen-bond donors (Lipinski definition) is 0. The van der Waals surface area contributed by atoms with Crippen LogP contribution >= 0.6 is 0 Å². The number of likely N-dealkylation sites (tertiary alicyclic amines) is 1. The summed E-state index contributed by atoms with van der Waals surface area (Å²) in [5.41, 5.74) is 3.25. The van der Waals surface area contributed by atoms with Crippen molar-refractivity contribution in [1.29, 1.82) is 5.26 Å². The van der Waals surface area contributed by atoms with Gasteiger partial charge in [0.1, 0.15) is 18.2 Å². The fourth-order valence-corrected chi connectivity index (χ4v) is 3.58. The summed E-state index contributed by atoms with van der Waals surface area (Å²) >= 11 is 0. The highest BCUT2D eigenvalue weighted by Crippen LogP contribution is 2.20. The van der Waals surface area contributed by atoms with Crippen LogP contribution < -0.4 is 0 Å². The normalized spacial score (nSPS) is 13.3. The Morgan fingerprint density at radius 1 is 1.06 bits per heavy atom. The third-order valence-corrected chi connectivity index (χ3v) is 5.29. The van der Waals surface area contributed by atoms with Gasteiger partial charge in [-0.15, -0.1) is 0 Å². The molecule has 2 amide bonds. The first-order valence-corrected chi connectivity index (χ1v) is 10.1. The molecular formula is C24H20N4O4. The smallest absolute Gasteiger partial charge is 0.338 e. The number of aromatic nitrogens is 2. The summed E-state index contributed by atoms with van der Waals surface area (Å²) in [4.78, 5) is 37.3. The molecule has 8 nitrogen and oxygen atoms in total. The maximum absolute atomic E-state index is 12.6. The molecule has 0 spiro atoms. The molecule has 1 aliphatic rings. The number of ether oxygens (including phenoxy) is 1. The molecule has 0 bridgehead atoms. The topological polar surface area (TPSA) is 105 Å². The molecule has 0 saturated carbocycles. The Morgan fingerprint density at radius 2 is 1.72 bits per heavy atom. The summed E-state index contributed by atoms with van der Waals surface area (Å²) in [6.07, 6.45) is 0.486. The Balaban J connectivity index is 1.47. The molecule has 0 N–H and O–H groups in total. The minimum atomic E-state index is -0.549. The van der Waals surface area contributed by atoms with Crippen LogP contribution in [0.15, 0.2) is 54.6 Å². The van der Waals surface area contributed by atoms with Gasteiger partial charge >= 0.3 is 5.97 Å². The molecule has 4 rings (SSSR count). The van der Waals surface area contributed by atoms with E-state index < -0.39 is 5.97 Å². The van der Waals surface area contributed by atoms with E-state index in [0.717, 1.165) is 11.3 Å². The second kappa shape index (κ2) is 8.86. The lowest BCUT2D eigenvalue weighted by Crippen LogP contribution is -2.28. The number of esters is 1. The van der Waals surface area contributed by atoms with Crippen LogP contribution in [-0.2, 0) is 27.5 Å². The summed E-state index contributed by atoms with van der Waals surface area (Å²) in [7, 11) is 0. The Hall–Kier alpha value is -4.25. The molecular weight excluding hydrogens is 408 g/mol. The van der Waals surface area contributed by atoms with E-state index in [4.69, 9.17) is 4.74 Å². The fourth-order valence-electron chi connectivity index (χ4n) is 3.58. The summed E-state index contributed by atoms with van der Waals surface area (Å²) in [6.45, 7) is 1.81. The number of carbonyl (C=O) groups excluding carboxylic acids is 3. The van der Waals surface area contributed by atoms with Gasteiger partial charge in [0.15, 0.2) is 0 Å². The van der Waals surface area contributed by atoms with Crippen molar-refractivity contribution >= 4 is 17.8 Å². The van der Waals surface area contributed by atoms with E-state index in [1.165, 1.54) is 4.90 Å². The number of nitrogens with zero attached hydrogens (tertiary/aromatic N) is 4. The van der Waals surface area contributed by atoms with Gasteiger partial charge in [0.05, 0.1) is 29.2 Å². The van der Waals surface area contributed by atoms with Crippen molar-refractivity contribution in [2.75, 3.05) is 0 Å². The molecule has 0 unspecified atom stereocenters. The number of nitriles is 1. The van der Waals surface area contributed by atoms with Crippen LogP contribution in [-0.4, -0.2) is 32.5 Å². The van der Waals surface area contributed by atoms with Crippen LogP contribution in [0.5, 0.6) is 0 Å². The SMILES string of the molecule is Cc1nn(-c2ccccc2)c(COC(=O)c2ccc(CN3C(=O)CCC3=O)cc2)c1C#N. The van der Waals surface area contributed by atoms with Crippen molar-refractivity contribution in [1.82, 2.24) is 14.7 Å². The summed E-state index contributed by atoms with van der Waals surface area (Å²) < 4.78 is 7.08. The van der Waals surface area contributed by atoms with Crippen molar-refractivity contribution in [3.8, 4) is 11.8 Å². The second-order valence-corrected chi connectivity index (χ2v) is 7.41. The van der Waals surface area contributed by atoms with Gasteiger partial charge < -0.3 is 4.74 Å². The summed E-state index contributed by atoms with van der Waals surface area (Å²) in [5, 5.41) is 13.9. The van der Waals surface area contributed by atoms with Gasteiger partial charge in [-0.05, 0) is 36.8 Å². The quantitative estimate of drug-likeness (QED) is 0.441. The van der Waals surface area contributed by atoms with Gasteiger partial charge in [-0.3, -0.25) is 14.5 Å². The molecule has 0 radical (unpaired) electrons. The lowest BCUT2D eigenvalue weighted by molar-refractivity contribution is -0.139.